The summed E-state index contributed by atoms with van der Waals surface area (Å²) in [5, 5.41) is 3.69. The number of thioether (sulfide) groups is 1. The molecule has 3 heteroatoms. The zero-order chi connectivity index (χ0) is 12.4. The van der Waals surface area contributed by atoms with Crippen molar-refractivity contribution in [3.8, 4) is 0 Å². The third kappa shape index (κ3) is 10.8. The molecule has 0 saturated heterocycles. The normalized spacial score (nSPS) is 13.7. The monoisotopic (exact) mass is 246 g/mol. The highest BCUT2D eigenvalue weighted by Crippen LogP contribution is 2.06. The van der Waals surface area contributed by atoms with Gasteiger partial charge in [0.25, 0.3) is 0 Å². The summed E-state index contributed by atoms with van der Waals surface area (Å²) in [6.45, 7) is 9.15. The van der Waals surface area contributed by atoms with Gasteiger partial charge in [-0.2, -0.15) is 11.8 Å². The first kappa shape index (κ1) is 16.3. The van der Waals surface area contributed by atoms with Crippen molar-refractivity contribution in [2.45, 2.75) is 39.7 Å². The van der Waals surface area contributed by atoms with Crippen molar-refractivity contribution < 1.29 is 0 Å². The Bertz CT molecular complexity index is 139. The molecule has 0 spiro atoms. The summed E-state index contributed by atoms with van der Waals surface area (Å²) in [5.74, 6) is 3.31. The molecule has 2 nitrogen and oxygen atoms in total. The van der Waals surface area contributed by atoms with Crippen molar-refractivity contribution in [1.29, 1.82) is 0 Å². The maximum atomic E-state index is 3.69. The highest BCUT2D eigenvalue weighted by molar-refractivity contribution is 7.99. The van der Waals surface area contributed by atoms with E-state index in [1.807, 2.05) is 11.8 Å². The second-order valence-electron chi connectivity index (χ2n) is 5.09. The van der Waals surface area contributed by atoms with Crippen molar-refractivity contribution in [2.75, 3.05) is 38.7 Å². The van der Waals surface area contributed by atoms with Gasteiger partial charge in [0.2, 0.25) is 0 Å². The van der Waals surface area contributed by atoms with Crippen molar-refractivity contribution >= 4 is 11.8 Å². The minimum atomic E-state index is 0.654. The van der Waals surface area contributed by atoms with E-state index in [1.54, 1.807) is 0 Å². The minimum Gasteiger partial charge on any atom is -0.313 e. The molecule has 1 unspecified atom stereocenters. The SMILES string of the molecule is CCSCCCNC(CC(C)C)CN(C)C. The van der Waals surface area contributed by atoms with Crippen LogP contribution in [-0.4, -0.2) is 49.6 Å². The van der Waals surface area contributed by atoms with Crippen LogP contribution in [0.25, 0.3) is 0 Å². The molecule has 16 heavy (non-hydrogen) atoms. The molecule has 0 aromatic heterocycles. The number of nitrogens with one attached hydrogen (secondary N) is 1. The van der Waals surface area contributed by atoms with Gasteiger partial charge in [-0.3, -0.25) is 0 Å². The zero-order valence-electron chi connectivity index (χ0n) is 11.8. The average Bonchev–Trinajstić information content (AvgIpc) is 2.15. The van der Waals surface area contributed by atoms with Gasteiger partial charge in [-0.05, 0) is 50.9 Å². The highest BCUT2D eigenvalue weighted by Gasteiger charge is 2.10. The van der Waals surface area contributed by atoms with E-state index in [1.165, 1.54) is 24.3 Å². The molecule has 0 aromatic carbocycles. The third-order valence-electron chi connectivity index (χ3n) is 2.44. The van der Waals surface area contributed by atoms with Crippen LogP contribution in [0.3, 0.4) is 0 Å². The maximum Gasteiger partial charge on any atom is 0.0197 e. The molecule has 0 radical (unpaired) electrons. The topological polar surface area (TPSA) is 15.3 Å². The van der Waals surface area contributed by atoms with E-state index in [9.17, 15) is 0 Å². The molecule has 0 aliphatic heterocycles. The second kappa shape index (κ2) is 10.4. The van der Waals surface area contributed by atoms with Gasteiger partial charge in [0.1, 0.15) is 0 Å². The lowest BCUT2D eigenvalue weighted by Crippen LogP contribution is -2.39. The van der Waals surface area contributed by atoms with E-state index >= 15 is 0 Å². The van der Waals surface area contributed by atoms with Gasteiger partial charge in [0.05, 0.1) is 0 Å². The Hall–Kier alpha value is 0.270. The Morgan fingerprint density at radius 1 is 1.25 bits per heavy atom. The van der Waals surface area contributed by atoms with Gasteiger partial charge in [-0.15, -0.1) is 0 Å². The smallest absolute Gasteiger partial charge is 0.0197 e. The number of hydrogen-bond donors (Lipinski definition) is 1. The molecule has 0 aliphatic carbocycles. The summed E-state index contributed by atoms with van der Waals surface area (Å²) in [4.78, 5) is 2.28. The van der Waals surface area contributed by atoms with Gasteiger partial charge in [-0.1, -0.05) is 20.8 Å². The van der Waals surface area contributed by atoms with Gasteiger partial charge in [0, 0.05) is 12.6 Å². The largest absolute Gasteiger partial charge is 0.313 e. The molecule has 0 bridgehead atoms. The Balaban J connectivity index is 3.65. The lowest BCUT2D eigenvalue weighted by atomic mass is 10.0. The van der Waals surface area contributed by atoms with Crippen molar-refractivity contribution in [3.63, 3.8) is 0 Å². The fourth-order valence-electron chi connectivity index (χ4n) is 1.86. The molecule has 0 aromatic rings. The molecule has 0 fully saturated rings. The summed E-state index contributed by atoms with van der Waals surface area (Å²) in [6, 6.07) is 0.654. The first-order valence-electron chi connectivity index (χ1n) is 6.52. The lowest BCUT2D eigenvalue weighted by Gasteiger charge is -2.24. The first-order chi connectivity index (χ1) is 7.56. The molecule has 0 rings (SSSR count). The Morgan fingerprint density at radius 2 is 1.94 bits per heavy atom. The predicted octanol–water partition coefficient (Wildman–Crippen LogP) is 2.70. The predicted molar refractivity (Wildman–Crippen MR) is 77.4 cm³/mol. The molecule has 0 aliphatic rings. The van der Waals surface area contributed by atoms with Crippen LogP contribution < -0.4 is 5.32 Å². The van der Waals surface area contributed by atoms with E-state index in [0.717, 1.165) is 19.0 Å². The Morgan fingerprint density at radius 3 is 2.44 bits per heavy atom. The van der Waals surface area contributed by atoms with Crippen molar-refractivity contribution in [1.82, 2.24) is 10.2 Å². The lowest BCUT2D eigenvalue weighted by molar-refractivity contribution is 0.307. The standard InChI is InChI=1S/C13H30N2S/c1-6-16-9-7-8-14-13(10-12(2)3)11-15(4)5/h12-14H,6-11H2,1-5H3. The van der Waals surface area contributed by atoms with Crippen LogP contribution in [0.4, 0.5) is 0 Å². The molecule has 0 saturated carbocycles. The summed E-state index contributed by atoms with van der Waals surface area (Å²) < 4.78 is 0. The molecular weight excluding hydrogens is 216 g/mol. The van der Waals surface area contributed by atoms with Gasteiger partial charge in [-0.25, -0.2) is 0 Å². The number of likely N-dealkylation sites (N-methyl/N-ethyl adjacent to an activating group) is 1. The number of nitrogens with zero attached hydrogens (tertiary/aromatic N) is 1. The highest BCUT2D eigenvalue weighted by atomic mass is 32.2. The van der Waals surface area contributed by atoms with Crippen LogP contribution in [0.5, 0.6) is 0 Å². The molecule has 98 valence electrons. The fraction of sp³-hybridized carbons (Fsp3) is 1.00. The minimum absolute atomic E-state index is 0.654. The number of rotatable bonds is 10. The fourth-order valence-corrected chi connectivity index (χ4v) is 2.49. The average molecular weight is 246 g/mol. The van der Waals surface area contributed by atoms with Crippen LogP contribution in [-0.2, 0) is 0 Å². The van der Waals surface area contributed by atoms with E-state index in [4.69, 9.17) is 0 Å². The molecule has 0 amide bonds. The molecule has 1 atom stereocenters. The zero-order valence-corrected chi connectivity index (χ0v) is 12.6. The van der Waals surface area contributed by atoms with Gasteiger partial charge >= 0.3 is 0 Å². The molecular formula is C13H30N2S. The van der Waals surface area contributed by atoms with Gasteiger partial charge in [0.15, 0.2) is 0 Å². The van der Waals surface area contributed by atoms with E-state index in [0.29, 0.717) is 6.04 Å². The van der Waals surface area contributed by atoms with Crippen LogP contribution in [0.1, 0.15) is 33.6 Å². The Labute approximate surface area is 107 Å². The number of hydrogen-bond acceptors (Lipinski definition) is 3. The summed E-state index contributed by atoms with van der Waals surface area (Å²) in [5.41, 5.74) is 0. The van der Waals surface area contributed by atoms with Gasteiger partial charge < -0.3 is 10.2 Å². The summed E-state index contributed by atoms with van der Waals surface area (Å²) >= 11 is 2.04. The third-order valence-corrected chi connectivity index (χ3v) is 3.43. The van der Waals surface area contributed by atoms with Crippen LogP contribution in [0.15, 0.2) is 0 Å². The van der Waals surface area contributed by atoms with E-state index in [-0.39, 0.29) is 0 Å². The molecule has 0 heterocycles. The Kier molecular flexibility index (Phi) is 10.6. The first-order valence-corrected chi connectivity index (χ1v) is 7.67. The quantitative estimate of drug-likeness (QED) is 0.597. The van der Waals surface area contributed by atoms with Crippen molar-refractivity contribution in [2.24, 2.45) is 5.92 Å². The second-order valence-corrected chi connectivity index (χ2v) is 6.49. The van der Waals surface area contributed by atoms with Crippen LogP contribution in [0.2, 0.25) is 0 Å². The van der Waals surface area contributed by atoms with Crippen LogP contribution in [0, 0.1) is 5.92 Å². The van der Waals surface area contributed by atoms with Crippen LogP contribution >= 0.6 is 11.8 Å². The van der Waals surface area contributed by atoms with E-state index in [2.05, 4.69) is 45.1 Å². The maximum absolute atomic E-state index is 3.69. The summed E-state index contributed by atoms with van der Waals surface area (Å²) in [7, 11) is 4.31. The van der Waals surface area contributed by atoms with E-state index < -0.39 is 0 Å². The van der Waals surface area contributed by atoms with Crippen molar-refractivity contribution in [3.05, 3.63) is 0 Å². The summed E-state index contributed by atoms with van der Waals surface area (Å²) in [6.07, 6.45) is 2.57. The molecule has 1 N–H and O–H groups in total.